The molecule has 0 atom stereocenters. The van der Waals surface area contributed by atoms with Crippen molar-refractivity contribution in [3.63, 3.8) is 0 Å². The molecule has 4 nitrogen and oxygen atoms in total. The summed E-state index contributed by atoms with van der Waals surface area (Å²) >= 11 is 5.69. The van der Waals surface area contributed by atoms with E-state index in [1.54, 1.807) is 0 Å². The molecule has 0 fully saturated rings. The maximum absolute atomic E-state index is 13.6. The average molecular weight is 384 g/mol. The average Bonchev–Trinajstić information content (AvgIpc) is 2.48. The van der Waals surface area contributed by atoms with Gasteiger partial charge in [-0.1, -0.05) is 11.6 Å². The van der Waals surface area contributed by atoms with E-state index in [0.717, 1.165) is 24.3 Å². The number of hydrogen-bond acceptors (Lipinski definition) is 3. The van der Waals surface area contributed by atoms with Gasteiger partial charge in [0.2, 0.25) is 0 Å². The molecule has 24 heavy (non-hydrogen) atoms. The lowest BCUT2D eigenvalue weighted by molar-refractivity contribution is -0.137. The second-order valence-corrected chi connectivity index (χ2v) is 6.68. The van der Waals surface area contributed by atoms with Crippen molar-refractivity contribution >= 4 is 27.3 Å². The van der Waals surface area contributed by atoms with Gasteiger partial charge in [0.15, 0.2) is 11.6 Å². The number of ether oxygens (including phenoxy) is 1. The Balaban J connectivity index is 2.34. The fraction of sp³-hybridized carbons (Fsp3) is 0.143. The van der Waals surface area contributed by atoms with Crippen LogP contribution in [0.4, 0.5) is 23.2 Å². The molecule has 0 amide bonds. The Hall–Kier alpha value is -2.00. The van der Waals surface area contributed by atoms with E-state index in [9.17, 15) is 26.0 Å². The number of rotatable bonds is 4. The third-order valence-corrected chi connectivity index (χ3v) is 4.65. The Morgan fingerprint density at radius 1 is 1.12 bits per heavy atom. The van der Waals surface area contributed by atoms with Crippen LogP contribution in [0, 0.1) is 5.82 Å². The molecule has 0 aliphatic rings. The normalized spacial score (nSPS) is 12.1. The van der Waals surface area contributed by atoms with Crippen molar-refractivity contribution in [1.82, 2.24) is 0 Å². The van der Waals surface area contributed by atoms with E-state index in [4.69, 9.17) is 11.6 Å². The van der Waals surface area contributed by atoms with Crippen LogP contribution in [0.3, 0.4) is 0 Å². The first-order valence-electron chi connectivity index (χ1n) is 6.27. The predicted molar refractivity (Wildman–Crippen MR) is 80.2 cm³/mol. The molecule has 10 heteroatoms. The maximum Gasteiger partial charge on any atom is 0.416 e. The minimum atomic E-state index is -4.61. The van der Waals surface area contributed by atoms with E-state index in [1.165, 1.54) is 7.11 Å². The zero-order chi connectivity index (χ0) is 18.1. The van der Waals surface area contributed by atoms with Gasteiger partial charge in [-0.25, -0.2) is 12.8 Å². The van der Waals surface area contributed by atoms with E-state index in [-0.39, 0.29) is 11.4 Å². The SMILES string of the molecule is COc1ccc(S(=O)(=O)Nc2ccc(C(F)(F)F)cc2Cl)cc1F. The first-order valence-corrected chi connectivity index (χ1v) is 8.14. The molecule has 0 bridgehead atoms. The molecule has 0 aliphatic heterocycles. The Morgan fingerprint density at radius 2 is 1.79 bits per heavy atom. The van der Waals surface area contributed by atoms with Crippen molar-refractivity contribution in [2.45, 2.75) is 11.1 Å². The van der Waals surface area contributed by atoms with E-state index in [2.05, 4.69) is 4.74 Å². The molecular formula is C14H10ClF4NO3S. The highest BCUT2D eigenvalue weighted by molar-refractivity contribution is 7.92. The number of hydrogen-bond donors (Lipinski definition) is 1. The number of alkyl halides is 3. The Labute approximate surface area is 140 Å². The molecule has 0 unspecified atom stereocenters. The Morgan fingerprint density at radius 3 is 2.29 bits per heavy atom. The fourth-order valence-corrected chi connectivity index (χ4v) is 3.17. The summed E-state index contributed by atoms with van der Waals surface area (Å²) in [5, 5.41) is -0.442. The maximum atomic E-state index is 13.6. The van der Waals surface area contributed by atoms with Gasteiger partial charge in [-0.05, 0) is 36.4 Å². The number of anilines is 1. The van der Waals surface area contributed by atoms with Crippen LogP contribution >= 0.6 is 11.6 Å². The molecule has 2 aromatic rings. The largest absolute Gasteiger partial charge is 0.494 e. The summed E-state index contributed by atoms with van der Waals surface area (Å²) in [6.45, 7) is 0. The van der Waals surface area contributed by atoms with Gasteiger partial charge < -0.3 is 4.74 Å². The van der Waals surface area contributed by atoms with Gasteiger partial charge in [0, 0.05) is 0 Å². The first kappa shape index (κ1) is 18.3. The molecule has 2 aromatic carbocycles. The third-order valence-electron chi connectivity index (χ3n) is 2.97. The molecule has 0 saturated carbocycles. The monoisotopic (exact) mass is 383 g/mol. The molecule has 1 N–H and O–H groups in total. The van der Waals surface area contributed by atoms with E-state index >= 15 is 0 Å². The lowest BCUT2D eigenvalue weighted by Gasteiger charge is -2.12. The van der Waals surface area contributed by atoms with Gasteiger partial charge in [0.25, 0.3) is 10.0 Å². The molecule has 0 heterocycles. The summed E-state index contributed by atoms with van der Waals surface area (Å²) in [6, 6.07) is 5.06. The second-order valence-electron chi connectivity index (χ2n) is 4.59. The predicted octanol–water partition coefficient (Wildman–Crippen LogP) is 4.31. The summed E-state index contributed by atoms with van der Waals surface area (Å²) in [4.78, 5) is -0.434. The molecule has 130 valence electrons. The molecule has 2 rings (SSSR count). The van der Waals surface area contributed by atoms with Crippen LogP contribution in [-0.2, 0) is 16.2 Å². The van der Waals surface area contributed by atoms with Gasteiger partial charge in [-0.2, -0.15) is 13.2 Å². The van der Waals surface area contributed by atoms with Crippen LogP contribution in [-0.4, -0.2) is 15.5 Å². The Bertz CT molecular complexity index is 869. The van der Waals surface area contributed by atoms with Crippen molar-refractivity contribution < 1.29 is 30.7 Å². The summed E-state index contributed by atoms with van der Waals surface area (Å²) in [5.41, 5.74) is -1.29. The van der Waals surface area contributed by atoms with Crippen molar-refractivity contribution in [2.24, 2.45) is 0 Å². The quantitative estimate of drug-likeness (QED) is 0.800. The molecule has 0 saturated heterocycles. The third kappa shape index (κ3) is 3.90. The first-order chi connectivity index (χ1) is 11.0. The highest BCUT2D eigenvalue weighted by Crippen LogP contribution is 2.34. The topological polar surface area (TPSA) is 55.4 Å². The number of nitrogens with one attached hydrogen (secondary N) is 1. The molecule has 0 radical (unpaired) electrons. The number of halogens is 5. The highest BCUT2D eigenvalue weighted by atomic mass is 35.5. The lowest BCUT2D eigenvalue weighted by Crippen LogP contribution is -2.14. The second kappa shape index (κ2) is 6.48. The zero-order valence-corrected chi connectivity index (χ0v) is 13.6. The van der Waals surface area contributed by atoms with Crippen molar-refractivity contribution in [3.8, 4) is 5.75 Å². The van der Waals surface area contributed by atoms with Crippen LogP contribution in [0.2, 0.25) is 5.02 Å². The number of sulfonamides is 1. The standard InChI is InChI=1S/C14H10ClF4NO3S/c1-23-13-5-3-9(7-11(13)16)24(21,22)20-12-4-2-8(6-10(12)15)14(17,18)19/h2-7,20H,1H3. The van der Waals surface area contributed by atoms with Crippen LogP contribution in [0.1, 0.15) is 5.56 Å². The van der Waals surface area contributed by atoms with Crippen LogP contribution in [0.15, 0.2) is 41.3 Å². The van der Waals surface area contributed by atoms with Gasteiger partial charge in [-0.15, -0.1) is 0 Å². The van der Waals surface area contributed by atoms with Gasteiger partial charge in [-0.3, -0.25) is 4.72 Å². The number of methoxy groups -OCH3 is 1. The minimum absolute atomic E-state index is 0.151. The summed E-state index contributed by atoms with van der Waals surface area (Å²) in [6.07, 6.45) is -4.61. The summed E-state index contributed by atoms with van der Waals surface area (Å²) in [7, 11) is -3.03. The van der Waals surface area contributed by atoms with Crippen LogP contribution < -0.4 is 9.46 Å². The van der Waals surface area contributed by atoms with Crippen molar-refractivity contribution in [1.29, 1.82) is 0 Å². The smallest absolute Gasteiger partial charge is 0.416 e. The molecule has 0 aliphatic carbocycles. The zero-order valence-electron chi connectivity index (χ0n) is 12.0. The highest BCUT2D eigenvalue weighted by Gasteiger charge is 2.31. The summed E-state index contributed by atoms with van der Waals surface area (Å²) < 4.78 is 82.4. The molecule has 0 aromatic heterocycles. The van der Waals surface area contributed by atoms with E-state index in [0.29, 0.717) is 12.1 Å². The summed E-state index contributed by atoms with van der Waals surface area (Å²) in [5.74, 6) is -1.06. The van der Waals surface area contributed by atoms with Crippen molar-refractivity contribution in [2.75, 3.05) is 11.8 Å². The van der Waals surface area contributed by atoms with Gasteiger partial charge in [0.05, 0.1) is 28.3 Å². The van der Waals surface area contributed by atoms with Crippen LogP contribution in [0.25, 0.3) is 0 Å². The number of benzene rings is 2. The van der Waals surface area contributed by atoms with Crippen molar-refractivity contribution in [3.05, 3.63) is 52.8 Å². The van der Waals surface area contributed by atoms with Gasteiger partial charge in [0.1, 0.15) is 0 Å². The Kier molecular flexibility index (Phi) is 4.95. The van der Waals surface area contributed by atoms with Gasteiger partial charge >= 0.3 is 6.18 Å². The lowest BCUT2D eigenvalue weighted by atomic mass is 10.2. The molecule has 0 spiro atoms. The fourth-order valence-electron chi connectivity index (χ4n) is 1.79. The van der Waals surface area contributed by atoms with Crippen LogP contribution in [0.5, 0.6) is 5.75 Å². The minimum Gasteiger partial charge on any atom is -0.494 e. The van der Waals surface area contributed by atoms with E-state index in [1.807, 2.05) is 4.72 Å². The van der Waals surface area contributed by atoms with E-state index < -0.39 is 37.5 Å². The molecular weight excluding hydrogens is 374 g/mol.